The Morgan fingerprint density at radius 3 is 3.07 bits per heavy atom. The molecule has 0 spiro atoms. The minimum atomic E-state index is 0.0741. The number of nitrogens with one attached hydrogen (secondary N) is 1. The molecule has 1 heterocycles. The van der Waals surface area contributed by atoms with Gasteiger partial charge >= 0.3 is 6.03 Å². The smallest absolute Gasteiger partial charge is 0.317 e. The van der Waals surface area contributed by atoms with Crippen molar-refractivity contribution in [2.75, 3.05) is 26.2 Å². The number of nitrogens with two attached hydrogens (primary N) is 1. The fourth-order valence-electron chi connectivity index (χ4n) is 1.79. The minimum absolute atomic E-state index is 0.0741. The average molecular weight is 199 g/mol. The van der Waals surface area contributed by atoms with Gasteiger partial charge in [0.25, 0.3) is 0 Å². The van der Waals surface area contributed by atoms with Crippen LogP contribution in [-0.4, -0.2) is 37.1 Å². The van der Waals surface area contributed by atoms with Crippen LogP contribution in [0.15, 0.2) is 0 Å². The molecular weight excluding hydrogens is 178 g/mol. The highest BCUT2D eigenvalue weighted by Crippen LogP contribution is 2.14. The van der Waals surface area contributed by atoms with Crippen molar-refractivity contribution < 1.29 is 4.79 Å². The summed E-state index contributed by atoms with van der Waals surface area (Å²) in [7, 11) is 0. The molecule has 1 atom stereocenters. The van der Waals surface area contributed by atoms with Gasteiger partial charge in [-0.15, -0.1) is 0 Å². The zero-order valence-electron chi connectivity index (χ0n) is 8.96. The SMILES string of the molecule is CCCNC(=O)N1CCCC(CN)C1. The van der Waals surface area contributed by atoms with E-state index in [0.717, 1.165) is 38.9 Å². The molecule has 2 amide bonds. The lowest BCUT2D eigenvalue weighted by Gasteiger charge is -2.32. The van der Waals surface area contributed by atoms with Crippen LogP contribution in [0.3, 0.4) is 0 Å². The second-order valence-electron chi connectivity index (χ2n) is 3.92. The Kier molecular flexibility index (Phi) is 4.73. The van der Waals surface area contributed by atoms with E-state index in [1.54, 1.807) is 0 Å². The molecule has 82 valence electrons. The van der Waals surface area contributed by atoms with Gasteiger partial charge in [-0.05, 0) is 31.7 Å². The van der Waals surface area contributed by atoms with Crippen molar-refractivity contribution in [3.8, 4) is 0 Å². The first-order valence-corrected chi connectivity index (χ1v) is 5.50. The van der Waals surface area contributed by atoms with E-state index < -0.39 is 0 Å². The molecule has 0 aliphatic carbocycles. The number of amides is 2. The maximum Gasteiger partial charge on any atom is 0.317 e. The van der Waals surface area contributed by atoms with Crippen LogP contribution in [0.1, 0.15) is 26.2 Å². The molecule has 14 heavy (non-hydrogen) atoms. The Morgan fingerprint density at radius 1 is 1.64 bits per heavy atom. The van der Waals surface area contributed by atoms with Crippen molar-refractivity contribution in [1.82, 2.24) is 10.2 Å². The van der Waals surface area contributed by atoms with E-state index in [2.05, 4.69) is 12.2 Å². The van der Waals surface area contributed by atoms with Crippen molar-refractivity contribution in [1.29, 1.82) is 0 Å². The van der Waals surface area contributed by atoms with Gasteiger partial charge in [0, 0.05) is 19.6 Å². The molecule has 0 aromatic rings. The van der Waals surface area contributed by atoms with Gasteiger partial charge in [0.1, 0.15) is 0 Å². The minimum Gasteiger partial charge on any atom is -0.338 e. The highest BCUT2D eigenvalue weighted by molar-refractivity contribution is 5.74. The summed E-state index contributed by atoms with van der Waals surface area (Å²) in [5.41, 5.74) is 5.61. The Labute approximate surface area is 85.8 Å². The summed E-state index contributed by atoms with van der Waals surface area (Å²) in [6.07, 6.45) is 3.23. The maximum absolute atomic E-state index is 11.6. The summed E-state index contributed by atoms with van der Waals surface area (Å²) in [4.78, 5) is 13.5. The van der Waals surface area contributed by atoms with Gasteiger partial charge in [-0.2, -0.15) is 0 Å². The molecule has 1 unspecified atom stereocenters. The quantitative estimate of drug-likeness (QED) is 0.705. The number of likely N-dealkylation sites (tertiary alicyclic amines) is 1. The summed E-state index contributed by atoms with van der Waals surface area (Å²) in [6.45, 7) is 5.22. The Balaban J connectivity index is 2.31. The number of carbonyl (C=O) groups is 1. The predicted molar refractivity (Wildman–Crippen MR) is 57.0 cm³/mol. The average Bonchev–Trinajstić information content (AvgIpc) is 2.26. The Bertz CT molecular complexity index is 184. The van der Waals surface area contributed by atoms with Crippen LogP contribution < -0.4 is 11.1 Å². The number of urea groups is 1. The third kappa shape index (κ3) is 3.18. The number of carbonyl (C=O) groups excluding carboxylic acids is 1. The molecule has 0 radical (unpaired) electrons. The zero-order chi connectivity index (χ0) is 10.4. The van der Waals surface area contributed by atoms with Gasteiger partial charge in [0.15, 0.2) is 0 Å². The third-order valence-electron chi connectivity index (χ3n) is 2.67. The normalized spacial score (nSPS) is 22.1. The van der Waals surface area contributed by atoms with E-state index in [4.69, 9.17) is 5.73 Å². The molecule has 0 aromatic heterocycles. The van der Waals surface area contributed by atoms with Crippen LogP contribution >= 0.6 is 0 Å². The first-order chi connectivity index (χ1) is 6.77. The van der Waals surface area contributed by atoms with Crippen molar-refractivity contribution in [2.45, 2.75) is 26.2 Å². The van der Waals surface area contributed by atoms with Gasteiger partial charge in [-0.1, -0.05) is 6.92 Å². The fraction of sp³-hybridized carbons (Fsp3) is 0.900. The summed E-state index contributed by atoms with van der Waals surface area (Å²) in [5, 5.41) is 2.89. The van der Waals surface area contributed by atoms with Crippen LogP contribution in [0.2, 0.25) is 0 Å². The molecule has 1 fully saturated rings. The fourth-order valence-corrected chi connectivity index (χ4v) is 1.79. The van der Waals surface area contributed by atoms with Crippen LogP contribution in [0, 0.1) is 5.92 Å². The molecule has 0 saturated carbocycles. The van der Waals surface area contributed by atoms with Crippen LogP contribution in [0.4, 0.5) is 4.79 Å². The van der Waals surface area contributed by atoms with Crippen LogP contribution in [-0.2, 0) is 0 Å². The summed E-state index contributed by atoms with van der Waals surface area (Å²) in [6, 6.07) is 0.0741. The molecule has 1 rings (SSSR count). The number of nitrogens with zero attached hydrogens (tertiary/aromatic N) is 1. The van der Waals surface area contributed by atoms with Crippen molar-refractivity contribution in [3.05, 3.63) is 0 Å². The lowest BCUT2D eigenvalue weighted by atomic mass is 9.99. The zero-order valence-corrected chi connectivity index (χ0v) is 8.96. The maximum atomic E-state index is 11.6. The number of rotatable bonds is 3. The summed E-state index contributed by atoms with van der Waals surface area (Å²) >= 11 is 0. The standard InChI is InChI=1S/C10H21N3O/c1-2-5-12-10(14)13-6-3-4-9(7-11)8-13/h9H,2-8,11H2,1H3,(H,12,14). The lowest BCUT2D eigenvalue weighted by molar-refractivity contribution is 0.167. The molecule has 0 bridgehead atoms. The topological polar surface area (TPSA) is 58.4 Å². The van der Waals surface area contributed by atoms with E-state index in [0.29, 0.717) is 12.5 Å². The van der Waals surface area contributed by atoms with Crippen molar-refractivity contribution in [2.24, 2.45) is 11.7 Å². The molecular formula is C10H21N3O. The lowest BCUT2D eigenvalue weighted by Crippen LogP contribution is -2.46. The van der Waals surface area contributed by atoms with Crippen molar-refractivity contribution >= 4 is 6.03 Å². The largest absolute Gasteiger partial charge is 0.338 e. The second kappa shape index (κ2) is 5.86. The molecule has 3 N–H and O–H groups in total. The first-order valence-electron chi connectivity index (χ1n) is 5.50. The number of piperidine rings is 1. The van der Waals surface area contributed by atoms with Crippen LogP contribution in [0.25, 0.3) is 0 Å². The van der Waals surface area contributed by atoms with Crippen LogP contribution in [0.5, 0.6) is 0 Å². The third-order valence-corrected chi connectivity index (χ3v) is 2.67. The van der Waals surface area contributed by atoms with Gasteiger partial charge < -0.3 is 16.0 Å². The van der Waals surface area contributed by atoms with Crippen molar-refractivity contribution in [3.63, 3.8) is 0 Å². The van der Waals surface area contributed by atoms with Gasteiger partial charge in [-0.25, -0.2) is 4.79 Å². The number of hydrogen-bond acceptors (Lipinski definition) is 2. The molecule has 4 heteroatoms. The number of hydrogen-bond donors (Lipinski definition) is 2. The molecule has 1 aliphatic rings. The van der Waals surface area contributed by atoms with E-state index in [1.165, 1.54) is 0 Å². The van der Waals surface area contributed by atoms with E-state index in [9.17, 15) is 4.79 Å². The summed E-state index contributed by atoms with van der Waals surface area (Å²) in [5.74, 6) is 0.496. The van der Waals surface area contributed by atoms with E-state index in [-0.39, 0.29) is 6.03 Å². The first kappa shape index (κ1) is 11.3. The van der Waals surface area contributed by atoms with E-state index >= 15 is 0 Å². The molecule has 4 nitrogen and oxygen atoms in total. The molecule has 1 aliphatic heterocycles. The second-order valence-corrected chi connectivity index (χ2v) is 3.92. The Morgan fingerprint density at radius 2 is 2.43 bits per heavy atom. The van der Waals surface area contributed by atoms with Gasteiger partial charge in [-0.3, -0.25) is 0 Å². The predicted octanol–water partition coefficient (Wildman–Crippen LogP) is 0.777. The van der Waals surface area contributed by atoms with Gasteiger partial charge in [0.05, 0.1) is 0 Å². The van der Waals surface area contributed by atoms with Gasteiger partial charge in [0.2, 0.25) is 0 Å². The molecule has 0 aromatic carbocycles. The molecule has 1 saturated heterocycles. The Hall–Kier alpha value is -0.770. The monoisotopic (exact) mass is 199 g/mol. The summed E-state index contributed by atoms with van der Waals surface area (Å²) < 4.78 is 0. The highest BCUT2D eigenvalue weighted by atomic mass is 16.2. The highest BCUT2D eigenvalue weighted by Gasteiger charge is 2.21. The van der Waals surface area contributed by atoms with E-state index in [1.807, 2.05) is 4.90 Å².